The molecule has 25 heavy (non-hydrogen) atoms. The second-order valence-electron chi connectivity index (χ2n) is 4.87. The number of thioether (sulfide) groups is 1. The molecule has 128 valence electrons. The minimum absolute atomic E-state index is 0.148. The standard InChI is InChI=1S/C15H12N4O4S2/c1-9(13(20)16-10-5-2-3-6-11(10)19(21)22)25-15-18-17-14(23-15)12-7-4-8-24-12/h2-9H,1H3,(H,16,20)/t9-/m0/s1. The number of nitro benzene ring substituents is 1. The van der Waals surface area contributed by atoms with Gasteiger partial charge >= 0.3 is 0 Å². The Morgan fingerprint density at radius 3 is 2.84 bits per heavy atom. The molecular weight excluding hydrogens is 364 g/mol. The average molecular weight is 376 g/mol. The van der Waals surface area contributed by atoms with Gasteiger partial charge in [0.1, 0.15) is 5.69 Å². The molecule has 0 saturated heterocycles. The summed E-state index contributed by atoms with van der Waals surface area (Å²) in [6, 6.07) is 9.70. The van der Waals surface area contributed by atoms with Gasteiger partial charge in [0.15, 0.2) is 0 Å². The molecule has 0 spiro atoms. The molecular formula is C15H12N4O4S2. The minimum Gasteiger partial charge on any atom is -0.410 e. The molecule has 0 fully saturated rings. The molecule has 0 saturated carbocycles. The van der Waals surface area contributed by atoms with Gasteiger partial charge in [0.2, 0.25) is 5.91 Å². The van der Waals surface area contributed by atoms with Crippen molar-refractivity contribution in [1.82, 2.24) is 10.2 Å². The Morgan fingerprint density at radius 2 is 2.12 bits per heavy atom. The van der Waals surface area contributed by atoms with Crippen LogP contribution in [0.3, 0.4) is 0 Å². The third-order valence-corrected chi connectivity index (χ3v) is 4.94. The van der Waals surface area contributed by atoms with Crippen molar-refractivity contribution in [2.75, 3.05) is 5.32 Å². The molecule has 0 unspecified atom stereocenters. The van der Waals surface area contributed by atoms with Crippen molar-refractivity contribution in [3.05, 3.63) is 51.9 Å². The van der Waals surface area contributed by atoms with Crippen LogP contribution in [-0.2, 0) is 4.79 Å². The SMILES string of the molecule is C[C@H](Sc1nnc(-c2cccs2)o1)C(=O)Nc1ccccc1[N+](=O)[O-]. The highest BCUT2D eigenvalue weighted by Gasteiger charge is 2.22. The predicted octanol–water partition coefficient (Wildman–Crippen LogP) is 3.83. The molecule has 2 heterocycles. The zero-order valence-electron chi connectivity index (χ0n) is 12.9. The zero-order chi connectivity index (χ0) is 17.8. The van der Waals surface area contributed by atoms with Gasteiger partial charge in [0, 0.05) is 6.07 Å². The third kappa shape index (κ3) is 4.03. The first-order valence-electron chi connectivity index (χ1n) is 7.13. The topological polar surface area (TPSA) is 111 Å². The summed E-state index contributed by atoms with van der Waals surface area (Å²) in [5.41, 5.74) is -0.0134. The molecule has 10 heteroatoms. The average Bonchev–Trinajstić information content (AvgIpc) is 3.26. The number of benzene rings is 1. The summed E-state index contributed by atoms with van der Waals surface area (Å²) in [4.78, 5) is 23.6. The number of para-hydroxylation sites is 2. The molecule has 1 N–H and O–H groups in total. The lowest BCUT2D eigenvalue weighted by Gasteiger charge is -2.09. The lowest BCUT2D eigenvalue weighted by molar-refractivity contribution is -0.383. The zero-order valence-corrected chi connectivity index (χ0v) is 14.5. The fraction of sp³-hybridized carbons (Fsp3) is 0.133. The number of nitro groups is 1. The highest BCUT2D eigenvalue weighted by atomic mass is 32.2. The number of nitrogens with one attached hydrogen (secondary N) is 1. The highest BCUT2D eigenvalue weighted by molar-refractivity contribution is 8.00. The van der Waals surface area contributed by atoms with Crippen molar-refractivity contribution in [3.63, 3.8) is 0 Å². The molecule has 1 amide bonds. The Balaban J connectivity index is 1.66. The number of nitrogens with zero attached hydrogens (tertiary/aromatic N) is 3. The number of carbonyl (C=O) groups excluding carboxylic acids is 1. The summed E-state index contributed by atoms with van der Waals surface area (Å²) in [6.45, 7) is 1.66. The monoisotopic (exact) mass is 376 g/mol. The molecule has 2 aromatic heterocycles. The van der Waals surface area contributed by atoms with Gasteiger partial charge in [-0.2, -0.15) is 0 Å². The van der Waals surface area contributed by atoms with E-state index in [0.717, 1.165) is 16.6 Å². The van der Waals surface area contributed by atoms with E-state index in [9.17, 15) is 14.9 Å². The van der Waals surface area contributed by atoms with Crippen molar-refractivity contribution in [2.45, 2.75) is 17.4 Å². The first kappa shape index (κ1) is 17.1. The summed E-state index contributed by atoms with van der Waals surface area (Å²) >= 11 is 2.56. The maximum Gasteiger partial charge on any atom is 0.292 e. The van der Waals surface area contributed by atoms with Crippen LogP contribution in [0.5, 0.6) is 0 Å². The van der Waals surface area contributed by atoms with Crippen LogP contribution >= 0.6 is 23.1 Å². The number of hydrogen-bond donors (Lipinski definition) is 1. The van der Waals surface area contributed by atoms with Crippen LogP contribution in [0.4, 0.5) is 11.4 Å². The molecule has 1 aromatic carbocycles. The second kappa shape index (κ2) is 7.45. The van der Waals surface area contributed by atoms with Crippen LogP contribution in [0.25, 0.3) is 10.8 Å². The maximum absolute atomic E-state index is 12.3. The van der Waals surface area contributed by atoms with Gasteiger partial charge in [-0.05, 0) is 24.4 Å². The van der Waals surface area contributed by atoms with Gasteiger partial charge in [-0.25, -0.2) is 0 Å². The summed E-state index contributed by atoms with van der Waals surface area (Å²) in [7, 11) is 0. The van der Waals surface area contributed by atoms with Crippen molar-refractivity contribution in [1.29, 1.82) is 0 Å². The Hall–Kier alpha value is -2.72. The van der Waals surface area contributed by atoms with E-state index >= 15 is 0 Å². The number of amides is 1. The van der Waals surface area contributed by atoms with Crippen LogP contribution in [0.2, 0.25) is 0 Å². The Kier molecular flexibility index (Phi) is 5.10. The molecule has 0 aliphatic rings. The number of thiophene rings is 1. The molecule has 0 aliphatic carbocycles. The van der Waals surface area contributed by atoms with E-state index in [1.165, 1.54) is 29.5 Å². The van der Waals surface area contributed by atoms with E-state index in [4.69, 9.17) is 4.42 Å². The van der Waals surface area contributed by atoms with Crippen LogP contribution < -0.4 is 5.32 Å². The molecule has 0 radical (unpaired) electrons. The van der Waals surface area contributed by atoms with Gasteiger partial charge in [-0.15, -0.1) is 21.5 Å². The maximum atomic E-state index is 12.3. The Bertz CT molecular complexity index is 895. The first-order valence-corrected chi connectivity index (χ1v) is 8.89. The summed E-state index contributed by atoms with van der Waals surface area (Å²) in [5.74, 6) is -0.000945. The normalized spacial score (nSPS) is 11.9. The number of carbonyl (C=O) groups is 1. The fourth-order valence-corrected chi connectivity index (χ4v) is 3.26. The number of hydrogen-bond acceptors (Lipinski definition) is 8. The fourth-order valence-electron chi connectivity index (χ4n) is 1.93. The van der Waals surface area contributed by atoms with Crippen molar-refractivity contribution < 1.29 is 14.1 Å². The number of anilines is 1. The highest BCUT2D eigenvalue weighted by Crippen LogP contribution is 2.29. The van der Waals surface area contributed by atoms with E-state index in [2.05, 4.69) is 15.5 Å². The van der Waals surface area contributed by atoms with Crippen molar-refractivity contribution in [3.8, 4) is 10.8 Å². The summed E-state index contributed by atoms with van der Waals surface area (Å²) in [6.07, 6.45) is 0. The smallest absolute Gasteiger partial charge is 0.292 e. The largest absolute Gasteiger partial charge is 0.410 e. The third-order valence-electron chi connectivity index (χ3n) is 3.14. The van der Waals surface area contributed by atoms with Crippen LogP contribution in [-0.4, -0.2) is 26.3 Å². The van der Waals surface area contributed by atoms with E-state index in [-0.39, 0.29) is 16.6 Å². The Labute approximate surface area is 150 Å². The predicted molar refractivity (Wildman–Crippen MR) is 94.7 cm³/mol. The Morgan fingerprint density at radius 1 is 1.32 bits per heavy atom. The summed E-state index contributed by atoms with van der Waals surface area (Å²) < 4.78 is 5.52. The molecule has 3 aromatic rings. The van der Waals surface area contributed by atoms with E-state index in [0.29, 0.717) is 5.89 Å². The number of rotatable bonds is 6. The minimum atomic E-state index is -0.573. The molecule has 1 atom stereocenters. The quantitative estimate of drug-likeness (QED) is 0.395. The van der Waals surface area contributed by atoms with E-state index < -0.39 is 16.1 Å². The van der Waals surface area contributed by atoms with Crippen LogP contribution in [0, 0.1) is 10.1 Å². The van der Waals surface area contributed by atoms with E-state index in [1.807, 2.05) is 17.5 Å². The van der Waals surface area contributed by atoms with Crippen molar-refractivity contribution >= 4 is 40.4 Å². The van der Waals surface area contributed by atoms with Gasteiger partial charge in [0.05, 0.1) is 15.1 Å². The van der Waals surface area contributed by atoms with Gasteiger partial charge in [-0.1, -0.05) is 30.0 Å². The van der Waals surface area contributed by atoms with Gasteiger partial charge < -0.3 is 9.73 Å². The van der Waals surface area contributed by atoms with Crippen molar-refractivity contribution in [2.24, 2.45) is 0 Å². The summed E-state index contributed by atoms with van der Waals surface area (Å²) in [5, 5.41) is 23.0. The second-order valence-corrected chi connectivity index (χ2v) is 7.11. The molecule has 0 aliphatic heterocycles. The first-order chi connectivity index (χ1) is 12.0. The lowest BCUT2D eigenvalue weighted by Crippen LogP contribution is -2.22. The lowest BCUT2D eigenvalue weighted by atomic mass is 10.2. The van der Waals surface area contributed by atoms with Gasteiger partial charge in [0.25, 0.3) is 16.8 Å². The van der Waals surface area contributed by atoms with E-state index in [1.54, 1.807) is 13.0 Å². The molecule has 0 bridgehead atoms. The number of aromatic nitrogens is 2. The van der Waals surface area contributed by atoms with Gasteiger partial charge in [-0.3, -0.25) is 14.9 Å². The van der Waals surface area contributed by atoms with Crippen LogP contribution in [0.1, 0.15) is 6.92 Å². The van der Waals surface area contributed by atoms with Crippen LogP contribution in [0.15, 0.2) is 51.4 Å². The molecule has 3 rings (SSSR count). The molecule has 8 nitrogen and oxygen atoms in total.